The van der Waals surface area contributed by atoms with Gasteiger partial charge in [-0.15, -0.1) is 0 Å². The van der Waals surface area contributed by atoms with E-state index in [2.05, 4.69) is 15.5 Å². The number of morpholine rings is 1. The highest BCUT2D eigenvalue weighted by Gasteiger charge is 2.25. The molecule has 2 aromatic rings. The number of nitro benzene ring substituents is 1. The summed E-state index contributed by atoms with van der Waals surface area (Å²) in [5.74, 6) is 0.434. The maximum absolute atomic E-state index is 11.1. The minimum Gasteiger partial charge on any atom is -0.367 e. The number of benzene rings is 1. The minimum atomic E-state index is -0.538. The predicted octanol–water partition coefficient (Wildman–Crippen LogP) is 1.96. The maximum atomic E-state index is 11.1. The Kier molecular flexibility index (Phi) is 3.82. The molecule has 1 atom stereocenters. The van der Waals surface area contributed by atoms with Crippen LogP contribution in [-0.2, 0) is 4.74 Å². The summed E-state index contributed by atoms with van der Waals surface area (Å²) in [6.07, 6.45) is -0.317. The van der Waals surface area contributed by atoms with Crippen LogP contribution in [-0.4, -0.2) is 34.8 Å². The molecule has 8 nitrogen and oxygen atoms in total. The number of ether oxygens (including phenoxy) is 1. The van der Waals surface area contributed by atoms with Gasteiger partial charge in [-0.25, -0.2) is 0 Å². The van der Waals surface area contributed by atoms with Crippen molar-refractivity contribution in [3.8, 4) is 11.5 Å². The van der Waals surface area contributed by atoms with E-state index in [0.29, 0.717) is 19.0 Å². The molecule has 0 radical (unpaired) electrons. The van der Waals surface area contributed by atoms with E-state index in [1.807, 2.05) is 0 Å². The molecule has 9 heteroatoms. The summed E-state index contributed by atoms with van der Waals surface area (Å²) in [6.45, 7) is 1.89. The molecule has 0 saturated carbocycles. The van der Waals surface area contributed by atoms with Crippen LogP contribution < -0.4 is 5.32 Å². The zero-order chi connectivity index (χ0) is 14.8. The fraction of sp³-hybridized carbons (Fsp3) is 0.333. The summed E-state index contributed by atoms with van der Waals surface area (Å²) < 4.78 is 10.6. The molecule has 1 saturated heterocycles. The number of aromatic nitrogens is 2. The maximum Gasteiger partial charge on any atom is 0.283 e. The number of hydrogen-bond acceptors (Lipinski definition) is 7. The summed E-state index contributed by atoms with van der Waals surface area (Å²) in [6, 6.07) is 4.27. The van der Waals surface area contributed by atoms with Crippen molar-refractivity contribution >= 4 is 17.3 Å². The minimum absolute atomic E-state index is 0.0718. The molecule has 110 valence electrons. The van der Waals surface area contributed by atoms with E-state index in [0.717, 1.165) is 6.54 Å². The van der Waals surface area contributed by atoms with Crippen LogP contribution in [0.25, 0.3) is 11.5 Å². The summed E-state index contributed by atoms with van der Waals surface area (Å²) in [5, 5.41) is 18.3. The van der Waals surface area contributed by atoms with Gasteiger partial charge >= 0.3 is 0 Å². The van der Waals surface area contributed by atoms with E-state index >= 15 is 0 Å². The van der Waals surface area contributed by atoms with Crippen molar-refractivity contribution in [2.75, 3.05) is 19.7 Å². The van der Waals surface area contributed by atoms with Crippen molar-refractivity contribution in [2.45, 2.75) is 6.10 Å². The molecule has 1 N–H and O–H groups in total. The van der Waals surface area contributed by atoms with Crippen LogP contribution in [0.2, 0.25) is 5.02 Å². The smallest absolute Gasteiger partial charge is 0.283 e. The Morgan fingerprint density at radius 3 is 3.05 bits per heavy atom. The monoisotopic (exact) mass is 310 g/mol. The standard InChI is InChI=1S/C12H11ClN4O4/c13-7-1-2-8(9(5-7)17(18)19)12-15-11(16-21-12)10-6-14-3-4-20-10/h1-2,5,10,14H,3-4,6H2. The highest BCUT2D eigenvalue weighted by Crippen LogP contribution is 2.32. The zero-order valence-electron chi connectivity index (χ0n) is 10.8. The molecule has 0 amide bonds. The van der Waals surface area contributed by atoms with E-state index < -0.39 is 4.92 Å². The fourth-order valence-corrected chi connectivity index (χ4v) is 2.21. The first kappa shape index (κ1) is 13.9. The second kappa shape index (κ2) is 5.76. The molecule has 3 rings (SSSR count). The van der Waals surface area contributed by atoms with Gasteiger partial charge in [0.25, 0.3) is 11.6 Å². The van der Waals surface area contributed by atoms with Crippen LogP contribution >= 0.6 is 11.6 Å². The Balaban J connectivity index is 1.94. The lowest BCUT2D eigenvalue weighted by molar-refractivity contribution is -0.384. The topological polar surface area (TPSA) is 103 Å². The van der Waals surface area contributed by atoms with Crippen molar-refractivity contribution in [1.82, 2.24) is 15.5 Å². The second-order valence-corrected chi connectivity index (χ2v) is 4.88. The Morgan fingerprint density at radius 1 is 1.48 bits per heavy atom. The van der Waals surface area contributed by atoms with Gasteiger partial charge in [-0.05, 0) is 12.1 Å². The third-order valence-electron chi connectivity index (χ3n) is 3.04. The number of nitro groups is 1. The first-order valence-corrected chi connectivity index (χ1v) is 6.63. The van der Waals surface area contributed by atoms with E-state index in [1.54, 1.807) is 0 Å². The van der Waals surface area contributed by atoms with Crippen LogP contribution in [0.1, 0.15) is 11.9 Å². The van der Waals surface area contributed by atoms with Crippen LogP contribution in [0, 0.1) is 10.1 Å². The Hall–Kier alpha value is -2.03. The molecule has 0 aliphatic carbocycles. The highest BCUT2D eigenvalue weighted by molar-refractivity contribution is 6.30. The van der Waals surface area contributed by atoms with Gasteiger partial charge < -0.3 is 14.6 Å². The van der Waals surface area contributed by atoms with E-state index in [1.165, 1.54) is 18.2 Å². The van der Waals surface area contributed by atoms with Gasteiger partial charge in [0, 0.05) is 24.2 Å². The van der Waals surface area contributed by atoms with Gasteiger partial charge in [-0.2, -0.15) is 4.98 Å². The van der Waals surface area contributed by atoms with Crippen molar-refractivity contribution < 1.29 is 14.2 Å². The molecule has 1 aliphatic heterocycles. The molecular weight excluding hydrogens is 300 g/mol. The average molecular weight is 311 g/mol. The predicted molar refractivity (Wildman–Crippen MR) is 73.0 cm³/mol. The molecule has 1 unspecified atom stereocenters. The zero-order valence-corrected chi connectivity index (χ0v) is 11.5. The van der Waals surface area contributed by atoms with Crippen LogP contribution in [0.5, 0.6) is 0 Å². The van der Waals surface area contributed by atoms with Gasteiger partial charge in [0.2, 0.25) is 5.82 Å². The van der Waals surface area contributed by atoms with Gasteiger partial charge in [0.1, 0.15) is 11.7 Å². The van der Waals surface area contributed by atoms with Crippen LogP contribution in [0.3, 0.4) is 0 Å². The number of nitrogens with zero attached hydrogens (tertiary/aromatic N) is 3. The SMILES string of the molecule is O=[N+]([O-])c1cc(Cl)ccc1-c1nc(C2CNCCO2)no1. The van der Waals surface area contributed by atoms with Crippen molar-refractivity contribution in [3.05, 3.63) is 39.2 Å². The molecule has 1 aromatic heterocycles. The van der Waals surface area contributed by atoms with Gasteiger partial charge in [-0.1, -0.05) is 16.8 Å². The number of halogens is 1. The molecular formula is C12H11ClN4O4. The summed E-state index contributed by atoms with van der Waals surface area (Å²) in [5.41, 5.74) is 0.0484. The van der Waals surface area contributed by atoms with Gasteiger partial charge in [0.05, 0.1) is 11.5 Å². The summed E-state index contributed by atoms with van der Waals surface area (Å²) in [4.78, 5) is 14.7. The normalized spacial score (nSPS) is 18.6. The summed E-state index contributed by atoms with van der Waals surface area (Å²) >= 11 is 5.78. The lowest BCUT2D eigenvalue weighted by Crippen LogP contribution is -2.33. The van der Waals surface area contributed by atoms with E-state index in [-0.39, 0.29) is 28.3 Å². The quantitative estimate of drug-likeness (QED) is 0.682. The third-order valence-corrected chi connectivity index (χ3v) is 3.28. The fourth-order valence-electron chi connectivity index (χ4n) is 2.04. The lowest BCUT2D eigenvalue weighted by Gasteiger charge is -2.20. The second-order valence-electron chi connectivity index (χ2n) is 4.44. The van der Waals surface area contributed by atoms with Crippen LogP contribution in [0.15, 0.2) is 22.7 Å². The number of hydrogen-bond donors (Lipinski definition) is 1. The van der Waals surface area contributed by atoms with Gasteiger partial charge in [0.15, 0.2) is 0 Å². The lowest BCUT2D eigenvalue weighted by atomic mass is 10.2. The first-order chi connectivity index (χ1) is 10.1. The number of nitrogens with one attached hydrogen (secondary N) is 1. The third kappa shape index (κ3) is 2.87. The molecule has 1 aromatic carbocycles. The number of rotatable bonds is 3. The Bertz CT molecular complexity index is 669. The summed E-state index contributed by atoms with van der Waals surface area (Å²) in [7, 11) is 0. The van der Waals surface area contributed by atoms with Gasteiger partial charge in [-0.3, -0.25) is 10.1 Å². The average Bonchev–Trinajstić information content (AvgIpc) is 2.97. The molecule has 1 aliphatic rings. The molecule has 2 heterocycles. The highest BCUT2D eigenvalue weighted by atomic mass is 35.5. The molecule has 21 heavy (non-hydrogen) atoms. The van der Waals surface area contributed by atoms with Crippen LogP contribution in [0.4, 0.5) is 5.69 Å². The Labute approximate surface area is 124 Å². The largest absolute Gasteiger partial charge is 0.367 e. The van der Waals surface area contributed by atoms with Crippen molar-refractivity contribution in [2.24, 2.45) is 0 Å². The Morgan fingerprint density at radius 2 is 2.33 bits per heavy atom. The molecule has 0 bridgehead atoms. The van der Waals surface area contributed by atoms with Crippen molar-refractivity contribution in [3.63, 3.8) is 0 Å². The van der Waals surface area contributed by atoms with E-state index in [9.17, 15) is 10.1 Å². The molecule has 1 fully saturated rings. The van der Waals surface area contributed by atoms with E-state index in [4.69, 9.17) is 20.9 Å². The first-order valence-electron chi connectivity index (χ1n) is 6.25. The van der Waals surface area contributed by atoms with Crippen molar-refractivity contribution in [1.29, 1.82) is 0 Å². The molecule has 0 spiro atoms.